The monoisotopic (exact) mass is 478 g/mol. The summed E-state index contributed by atoms with van der Waals surface area (Å²) in [5, 5.41) is 9.33. The van der Waals surface area contributed by atoms with E-state index in [0.717, 1.165) is 50.1 Å². The van der Waals surface area contributed by atoms with Gasteiger partial charge in [-0.2, -0.15) is 16.7 Å². The zero-order valence-corrected chi connectivity index (χ0v) is 21.1. The molecular formula is C23H38N6O3S. The number of hydrogen-bond donors (Lipinski definition) is 3. The van der Waals surface area contributed by atoms with E-state index in [1.807, 2.05) is 20.4 Å². The first-order valence-electron chi connectivity index (χ1n) is 11.9. The van der Waals surface area contributed by atoms with Gasteiger partial charge in [0.15, 0.2) is 0 Å². The highest BCUT2D eigenvalue weighted by Crippen LogP contribution is 2.29. The molecule has 184 valence electrons. The van der Waals surface area contributed by atoms with E-state index >= 15 is 0 Å². The zero-order valence-electron chi connectivity index (χ0n) is 20.3. The molecule has 3 rings (SSSR count). The Balaban J connectivity index is 1.50. The largest absolute Gasteiger partial charge is 0.467 e. The maximum absolute atomic E-state index is 12.4. The summed E-state index contributed by atoms with van der Waals surface area (Å²) in [7, 11) is 5.42. The van der Waals surface area contributed by atoms with Gasteiger partial charge in [0.1, 0.15) is 11.9 Å². The minimum absolute atomic E-state index is 0.0867. The molecule has 0 saturated heterocycles. The van der Waals surface area contributed by atoms with Crippen LogP contribution in [0.4, 0.5) is 16.6 Å². The molecule has 1 aromatic heterocycles. The van der Waals surface area contributed by atoms with E-state index in [4.69, 9.17) is 14.7 Å². The van der Waals surface area contributed by atoms with Crippen LogP contribution in [0.15, 0.2) is 0 Å². The lowest BCUT2D eigenvalue weighted by atomic mass is 9.91. The highest BCUT2D eigenvalue weighted by molar-refractivity contribution is 7.98. The molecule has 0 aliphatic heterocycles. The summed E-state index contributed by atoms with van der Waals surface area (Å²) in [6, 6.07) is -0.556. The summed E-state index contributed by atoms with van der Waals surface area (Å²) in [6.45, 7) is 0. The number of aromatic nitrogens is 2. The zero-order chi connectivity index (χ0) is 23.8. The molecule has 2 aliphatic rings. The van der Waals surface area contributed by atoms with Crippen LogP contribution in [0.1, 0.15) is 56.2 Å². The Hall–Kier alpha value is -2.23. The number of esters is 1. The van der Waals surface area contributed by atoms with Crippen LogP contribution in [0.5, 0.6) is 0 Å². The van der Waals surface area contributed by atoms with Crippen molar-refractivity contribution in [2.75, 3.05) is 43.4 Å². The van der Waals surface area contributed by atoms with Gasteiger partial charge in [-0.1, -0.05) is 0 Å². The number of carbonyl (C=O) groups is 2. The number of hydrogen-bond acceptors (Lipinski definition) is 8. The van der Waals surface area contributed by atoms with E-state index in [-0.39, 0.29) is 18.1 Å². The van der Waals surface area contributed by atoms with Crippen LogP contribution in [0.25, 0.3) is 0 Å². The van der Waals surface area contributed by atoms with Crippen molar-refractivity contribution in [2.24, 2.45) is 0 Å². The van der Waals surface area contributed by atoms with Gasteiger partial charge in [0, 0.05) is 31.7 Å². The Kier molecular flexibility index (Phi) is 9.46. The number of anilines is 2. The van der Waals surface area contributed by atoms with Crippen molar-refractivity contribution in [3.05, 3.63) is 11.3 Å². The first kappa shape index (κ1) is 25.4. The van der Waals surface area contributed by atoms with Crippen molar-refractivity contribution in [2.45, 2.75) is 75.9 Å². The van der Waals surface area contributed by atoms with Gasteiger partial charge in [-0.3, -0.25) is 0 Å². The van der Waals surface area contributed by atoms with Gasteiger partial charge in [0.25, 0.3) is 0 Å². The summed E-state index contributed by atoms with van der Waals surface area (Å²) in [6.07, 6.45) is 10.6. The summed E-state index contributed by atoms with van der Waals surface area (Å²) in [5.41, 5.74) is 2.47. The second kappa shape index (κ2) is 12.3. The molecule has 33 heavy (non-hydrogen) atoms. The molecule has 9 nitrogen and oxygen atoms in total. The number of nitrogens with zero attached hydrogens (tertiary/aromatic N) is 3. The number of nitrogens with one attached hydrogen (secondary N) is 3. The molecule has 0 aromatic carbocycles. The van der Waals surface area contributed by atoms with E-state index in [9.17, 15) is 9.59 Å². The van der Waals surface area contributed by atoms with Crippen molar-refractivity contribution >= 4 is 35.5 Å². The molecule has 0 spiro atoms. The van der Waals surface area contributed by atoms with E-state index in [1.54, 1.807) is 11.8 Å². The number of ether oxygens (including phenoxy) is 1. The van der Waals surface area contributed by atoms with Gasteiger partial charge in [-0.05, 0) is 69.8 Å². The number of methoxy groups -OCH3 is 1. The Morgan fingerprint density at radius 1 is 1.12 bits per heavy atom. The number of rotatable bonds is 9. The van der Waals surface area contributed by atoms with Gasteiger partial charge in [0.05, 0.1) is 12.8 Å². The third-order valence-corrected chi connectivity index (χ3v) is 7.03. The average Bonchev–Trinajstić information content (AvgIpc) is 2.81. The fourth-order valence-corrected chi connectivity index (χ4v) is 5.06. The van der Waals surface area contributed by atoms with Crippen LogP contribution < -0.4 is 20.9 Å². The Labute approximate surface area is 201 Å². The highest BCUT2D eigenvalue weighted by Gasteiger charge is 2.26. The molecule has 2 aliphatic carbocycles. The van der Waals surface area contributed by atoms with Crippen molar-refractivity contribution in [1.82, 2.24) is 20.6 Å². The lowest BCUT2D eigenvalue weighted by Gasteiger charge is -2.31. The number of aryl methyl sites for hydroxylation is 1. The van der Waals surface area contributed by atoms with Crippen molar-refractivity contribution in [1.29, 1.82) is 0 Å². The molecule has 1 heterocycles. The van der Waals surface area contributed by atoms with E-state index in [0.29, 0.717) is 12.4 Å². The van der Waals surface area contributed by atoms with Crippen molar-refractivity contribution in [3.63, 3.8) is 0 Å². The Morgan fingerprint density at radius 2 is 1.82 bits per heavy atom. The SMILES string of the molecule is COC(=O)C(CCSC)NC(=O)NC1CCC(Nc2nc3c(c(N(C)C)n2)CCCC3)CC1. The molecule has 10 heteroatoms. The molecule has 0 bridgehead atoms. The predicted octanol–water partition coefficient (Wildman–Crippen LogP) is 2.74. The average molecular weight is 479 g/mol. The molecule has 1 fully saturated rings. The van der Waals surface area contributed by atoms with Crippen LogP contribution >= 0.6 is 11.8 Å². The van der Waals surface area contributed by atoms with Gasteiger partial charge in [-0.15, -0.1) is 0 Å². The molecule has 3 N–H and O–H groups in total. The van der Waals surface area contributed by atoms with Crippen LogP contribution in [0.2, 0.25) is 0 Å². The third kappa shape index (κ3) is 7.12. The third-order valence-electron chi connectivity index (χ3n) is 6.38. The quantitative estimate of drug-likeness (QED) is 0.465. The second-order valence-electron chi connectivity index (χ2n) is 9.07. The fourth-order valence-electron chi connectivity index (χ4n) is 4.59. The normalized spacial score (nSPS) is 20.8. The van der Waals surface area contributed by atoms with Crippen LogP contribution in [-0.2, 0) is 22.4 Å². The van der Waals surface area contributed by atoms with Crippen LogP contribution in [0, 0.1) is 0 Å². The Morgan fingerprint density at radius 3 is 2.48 bits per heavy atom. The number of fused-ring (bicyclic) bond motifs is 1. The van der Waals surface area contributed by atoms with Crippen molar-refractivity contribution < 1.29 is 14.3 Å². The summed E-state index contributed by atoms with van der Waals surface area (Å²) >= 11 is 1.63. The Bertz CT molecular complexity index is 814. The van der Waals surface area contributed by atoms with Gasteiger partial charge < -0.3 is 25.6 Å². The molecule has 1 unspecified atom stereocenters. The topological polar surface area (TPSA) is 108 Å². The lowest BCUT2D eigenvalue weighted by Crippen LogP contribution is -2.50. The first-order chi connectivity index (χ1) is 15.9. The number of urea groups is 1. The number of carbonyl (C=O) groups excluding carboxylic acids is 2. The van der Waals surface area contributed by atoms with Crippen LogP contribution in [-0.4, -0.2) is 73.3 Å². The molecule has 1 saturated carbocycles. The van der Waals surface area contributed by atoms with E-state index in [2.05, 4.69) is 20.9 Å². The molecular weight excluding hydrogens is 440 g/mol. The highest BCUT2D eigenvalue weighted by atomic mass is 32.2. The van der Waals surface area contributed by atoms with E-state index < -0.39 is 12.0 Å². The number of thioether (sulfide) groups is 1. The standard InChI is InChI=1S/C23H38N6O3S/c1-29(2)20-17-7-5-6-8-18(17)26-22(28-20)24-15-9-11-16(12-10-15)25-23(31)27-19(13-14-33-4)21(30)32-3/h15-16,19H,5-14H2,1-4H3,(H,24,26,28)(H2,25,27,31). The molecule has 1 aromatic rings. The summed E-state index contributed by atoms with van der Waals surface area (Å²) in [4.78, 5) is 36.1. The molecule has 0 radical (unpaired) electrons. The fraction of sp³-hybridized carbons (Fsp3) is 0.739. The predicted molar refractivity (Wildman–Crippen MR) is 133 cm³/mol. The van der Waals surface area contributed by atoms with Crippen LogP contribution in [0.3, 0.4) is 0 Å². The van der Waals surface area contributed by atoms with E-state index in [1.165, 1.54) is 31.2 Å². The second-order valence-corrected chi connectivity index (χ2v) is 10.1. The summed E-state index contributed by atoms with van der Waals surface area (Å²) in [5.74, 6) is 2.10. The van der Waals surface area contributed by atoms with Gasteiger partial charge in [-0.25, -0.2) is 14.6 Å². The van der Waals surface area contributed by atoms with Gasteiger partial charge in [0.2, 0.25) is 5.95 Å². The molecule has 2 amide bonds. The number of amides is 2. The lowest BCUT2D eigenvalue weighted by molar-refractivity contribution is -0.142. The maximum Gasteiger partial charge on any atom is 0.328 e. The minimum atomic E-state index is -0.618. The molecule has 1 atom stereocenters. The maximum atomic E-state index is 12.4. The first-order valence-corrected chi connectivity index (χ1v) is 13.3. The van der Waals surface area contributed by atoms with Crippen molar-refractivity contribution in [3.8, 4) is 0 Å². The van der Waals surface area contributed by atoms with Gasteiger partial charge >= 0.3 is 12.0 Å². The smallest absolute Gasteiger partial charge is 0.328 e. The summed E-state index contributed by atoms with van der Waals surface area (Å²) < 4.78 is 4.81. The minimum Gasteiger partial charge on any atom is -0.467 e.